The standard InChI is InChI=1S/C18H15N5O3S/c1-11-19-12(10-27-11)7-8-16(24)26-9-15-20-21-18-22(2)17(25)13-5-3-4-6-14(13)23(15)18/h3-8,10H,9H2,1-2H3/b8-7+. The second-order valence-corrected chi connectivity index (χ2v) is 6.93. The molecule has 27 heavy (non-hydrogen) atoms. The fourth-order valence-electron chi connectivity index (χ4n) is 2.78. The van der Waals surface area contributed by atoms with Crippen LogP contribution in [-0.4, -0.2) is 30.1 Å². The van der Waals surface area contributed by atoms with Crippen molar-refractivity contribution >= 4 is 40.1 Å². The summed E-state index contributed by atoms with van der Waals surface area (Å²) in [5.41, 5.74) is 1.22. The molecule has 0 unspecified atom stereocenters. The number of benzene rings is 1. The molecule has 3 heterocycles. The molecule has 0 aliphatic rings. The van der Waals surface area contributed by atoms with E-state index in [1.165, 1.54) is 22.0 Å². The maximum atomic E-state index is 12.4. The Hall–Kier alpha value is -3.33. The third-order valence-corrected chi connectivity index (χ3v) is 4.86. The van der Waals surface area contributed by atoms with Crippen molar-refractivity contribution in [2.75, 3.05) is 0 Å². The predicted octanol–water partition coefficient (Wildman–Crippen LogP) is 2.10. The van der Waals surface area contributed by atoms with E-state index in [1.807, 2.05) is 24.4 Å². The summed E-state index contributed by atoms with van der Waals surface area (Å²) in [5, 5.41) is 11.5. The first-order valence-electron chi connectivity index (χ1n) is 8.13. The minimum Gasteiger partial charge on any atom is -0.454 e. The van der Waals surface area contributed by atoms with Gasteiger partial charge in [-0.05, 0) is 25.1 Å². The minimum atomic E-state index is -0.508. The van der Waals surface area contributed by atoms with Crippen LogP contribution in [0.2, 0.25) is 0 Å². The molecule has 9 heteroatoms. The fraction of sp³-hybridized carbons (Fsp3) is 0.167. The van der Waals surface area contributed by atoms with Crippen molar-refractivity contribution in [1.82, 2.24) is 24.1 Å². The summed E-state index contributed by atoms with van der Waals surface area (Å²) in [5.74, 6) is 0.313. The molecule has 0 amide bonds. The summed E-state index contributed by atoms with van der Waals surface area (Å²) in [4.78, 5) is 28.7. The molecule has 3 aromatic heterocycles. The third-order valence-electron chi connectivity index (χ3n) is 4.06. The van der Waals surface area contributed by atoms with Gasteiger partial charge in [0.15, 0.2) is 12.4 Å². The predicted molar refractivity (Wildman–Crippen MR) is 101 cm³/mol. The smallest absolute Gasteiger partial charge is 0.331 e. The summed E-state index contributed by atoms with van der Waals surface area (Å²) in [7, 11) is 1.63. The average molecular weight is 381 g/mol. The second-order valence-electron chi connectivity index (χ2n) is 5.87. The van der Waals surface area contributed by atoms with E-state index in [0.29, 0.717) is 28.2 Å². The Balaban J connectivity index is 1.62. The molecule has 4 rings (SSSR count). The number of nitrogens with zero attached hydrogens (tertiary/aromatic N) is 5. The Morgan fingerprint density at radius 3 is 2.89 bits per heavy atom. The van der Waals surface area contributed by atoms with Gasteiger partial charge in [-0.25, -0.2) is 9.78 Å². The highest BCUT2D eigenvalue weighted by atomic mass is 32.1. The first-order chi connectivity index (χ1) is 13.0. The maximum Gasteiger partial charge on any atom is 0.331 e. The number of thiazole rings is 1. The van der Waals surface area contributed by atoms with Gasteiger partial charge in [-0.2, -0.15) is 0 Å². The average Bonchev–Trinajstić information content (AvgIpc) is 3.29. The zero-order valence-electron chi connectivity index (χ0n) is 14.6. The zero-order valence-corrected chi connectivity index (χ0v) is 15.4. The number of hydrogen-bond acceptors (Lipinski definition) is 7. The number of para-hydroxylation sites is 1. The van der Waals surface area contributed by atoms with Gasteiger partial charge >= 0.3 is 5.97 Å². The van der Waals surface area contributed by atoms with Crippen molar-refractivity contribution in [2.45, 2.75) is 13.5 Å². The van der Waals surface area contributed by atoms with Crippen molar-refractivity contribution in [3.05, 3.63) is 62.6 Å². The highest BCUT2D eigenvalue weighted by molar-refractivity contribution is 7.09. The summed E-state index contributed by atoms with van der Waals surface area (Å²) < 4.78 is 8.42. The molecule has 0 radical (unpaired) electrons. The lowest BCUT2D eigenvalue weighted by Crippen LogP contribution is -2.20. The van der Waals surface area contributed by atoms with Gasteiger partial charge in [0.05, 0.1) is 21.6 Å². The van der Waals surface area contributed by atoms with Crippen LogP contribution in [0.4, 0.5) is 0 Å². The van der Waals surface area contributed by atoms with E-state index in [-0.39, 0.29) is 12.2 Å². The van der Waals surface area contributed by atoms with E-state index in [0.717, 1.165) is 5.01 Å². The van der Waals surface area contributed by atoms with Crippen molar-refractivity contribution in [1.29, 1.82) is 0 Å². The number of aromatic nitrogens is 5. The van der Waals surface area contributed by atoms with E-state index >= 15 is 0 Å². The molecule has 0 bridgehead atoms. The second kappa shape index (κ2) is 6.76. The van der Waals surface area contributed by atoms with Crippen LogP contribution in [0.5, 0.6) is 0 Å². The molecule has 4 aromatic rings. The Bertz CT molecular complexity index is 1250. The minimum absolute atomic E-state index is 0.0668. The van der Waals surface area contributed by atoms with Crippen LogP contribution in [0.3, 0.4) is 0 Å². The van der Waals surface area contributed by atoms with Gasteiger partial charge < -0.3 is 4.74 Å². The molecular formula is C18H15N5O3S. The number of fused-ring (bicyclic) bond motifs is 3. The number of aryl methyl sites for hydroxylation is 2. The number of carbonyl (C=O) groups is 1. The molecule has 0 atom stereocenters. The van der Waals surface area contributed by atoms with Crippen LogP contribution >= 0.6 is 11.3 Å². The lowest BCUT2D eigenvalue weighted by Gasteiger charge is -2.07. The molecule has 0 fully saturated rings. The van der Waals surface area contributed by atoms with E-state index in [4.69, 9.17) is 4.74 Å². The number of hydrogen-bond donors (Lipinski definition) is 0. The van der Waals surface area contributed by atoms with Crippen molar-refractivity contribution in [2.24, 2.45) is 7.05 Å². The maximum absolute atomic E-state index is 12.4. The number of esters is 1. The summed E-state index contributed by atoms with van der Waals surface area (Å²) >= 11 is 1.51. The first-order valence-corrected chi connectivity index (χ1v) is 9.01. The van der Waals surface area contributed by atoms with Crippen LogP contribution in [-0.2, 0) is 23.2 Å². The third kappa shape index (κ3) is 3.13. The monoisotopic (exact) mass is 381 g/mol. The lowest BCUT2D eigenvalue weighted by molar-refractivity contribution is -0.139. The van der Waals surface area contributed by atoms with Crippen LogP contribution in [0, 0.1) is 6.92 Å². The van der Waals surface area contributed by atoms with Crippen molar-refractivity contribution < 1.29 is 9.53 Å². The summed E-state index contributed by atoms with van der Waals surface area (Å²) in [6, 6.07) is 7.18. The molecule has 8 nitrogen and oxygen atoms in total. The Morgan fingerprint density at radius 2 is 2.11 bits per heavy atom. The molecule has 0 saturated carbocycles. The number of ether oxygens (including phenoxy) is 1. The van der Waals surface area contributed by atoms with Gasteiger partial charge in [-0.1, -0.05) is 12.1 Å². The van der Waals surface area contributed by atoms with E-state index in [9.17, 15) is 9.59 Å². The first kappa shape index (κ1) is 17.1. The van der Waals surface area contributed by atoms with E-state index in [1.54, 1.807) is 29.7 Å². The topological polar surface area (TPSA) is 91.4 Å². The molecular weight excluding hydrogens is 366 g/mol. The summed E-state index contributed by atoms with van der Waals surface area (Å²) in [6.07, 6.45) is 2.93. The fourth-order valence-corrected chi connectivity index (χ4v) is 3.36. The van der Waals surface area contributed by atoms with Crippen LogP contribution in [0.15, 0.2) is 40.5 Å². The molecule has 136 valence electrons. The Labute approximate surface area is 157 Å². The Kier molecular flexibility index (Phi) is 4.28. The van der Waals surface area contributed by atoms with Gasteiger partial charge in [0.25, 0.3) is 5.56 Å². The molecule has 1 aromatic carbocycles. The number of carbonyl (C=O) groups excluding carboxylic acids is 1. The zero-order chi connectivity index (χ0) is 19.0. The van der Waals surface area contributed by atoms with E-state index in [2.05, 4.69) is 15.2 Å². The van der Waals surface area contributed by atoms with Gasteiger partial charge in [-0.15, -0.1) is 21.5 Å². The van der Waals surface area contributed by atoms with Crippen LogP contribution in [0.1, 0.15) is 16.5 Å². The van der Waals surface area contributed by atoms with E-state index < -0.39 is 5.97 Å². The number of rotatable bonds is 4. The highest BCUT2D eigenvalue weighted by Crippen LogP contribution is 2.14. The largest absolute Gasteiger partial charge is 0.454 e. The molecule has 0 spiro atoms. The van der Waals surface area contributed by atoms with Crippen LogP contribution in [0.25, 0.3) is 22.8 Å². The molecule has 0 aliphatic carbocycles. The summed E-state index contributed by atoms with van der Waals surface area (Å²) in [6.45, 7) is 1.83. The van der Waals surface area contributed by atoms with Crippen molar-refractivity contribution in [3.63, 3.8) is 0 Å². The lowest BCUT2D eigenvalue weighted by atomic mass is 10.2. The van der Waals surface area contributed by atoms with Gasteiger partial charge in [0, 0.05) is 18.5 Å². The highest BCUT2D eigenvalue weighted by Gasteiger charge is 2.15. The quantitative estimate of drug-likeness (QED) is 0.397. The normalized spacial score (nSPS) is 11.6. The van der Waals surface area contributed by atoms with Gasteiger partial charge in [0.2, 0.25) is 5.78 Å². The molecule has 0 aliphatic heterocycles. The van der Waals surface area contributed by atoms with Gasteiger partial charge in [-0.3, -0.25) is 13.8 Å². The molecule has 0 N–H and O–H groups in total. The molecule has 0 saturated heterocycles. The van der Waals surface area contributed by atoms with Crippen molar-refractivity contribution in [3.8, 4) is 0 Å². The SMILES string of the molecule is Cc1nc(/C=C/C(=O)OCc2nnc3n(C)c(=O)c4ccccc4n23)cs1. The van der Waals surface area contributed by atoms with Gasteiger partial charge in [0.1, 0.15) is 0 Å². The van der Waals surface area contributed by atoms with Crippen LogP contribution < -0.4 is 5.56 Å². The Morgan fingerprint density at radius 1 is 1.30 bits per heavy atom.